The van der Waals surface area contributed by atoms with Crippen LogP contribution in [0.4, 0.5) is 5.69 Å². The zero-order valence-corrected chi connectivity index (χ0v) is 10.2. The predicted molar refractivity (Wildman–Crippen MR) is 71.7 cm³/mol. The molecule has 0 N–H and O–H groups in total. The first-order valence-electron chi connectivity index (χ1n) is 4.97. The van der Waals surface area contributed by atoms with Gasteiger partial charge in [-0.3, -0.25) is 9.98 Å². The number of methoxy groups -OCH3 is 1. The van der Waals surface area contributed by atoms with Gasteiger partial charge in [-0.25, -0.2) is 0 Å². The van der Waals surface area contributed by atoms with E-state index >= 15 is 0 Å². The SMILES string of the molecule is COc1ccccc1N=Cc1ccncc1.Cl. The second-order valence-corrected chi connectivity index (χ2v) is 3.21. The van der Waals surface area contributed by atoms with Crippen molar-refractivity contribution >= 4 is 24.3 Å². The van der Waals surface area contributed by atoms with Gasteiger partial charge in [0.25, 0.3) is 0 Å². The van der Waals surface area contributed by atoms with E-state index in [1.807, 2.05) is 36.4 Å². The molecule has 0 spiro atoms. The minimum absolute atomic E-state index is 0. The summed E-state index contributed by atoms with van der Waals surface area (Å²) in [5, 5.41) is 0. The van der Waals surface area contributed by atoms with Crippen molar-refractivity contribution < 1.29 is 4.74 Å². The van der Waals surface area contributed by atoms with Crippen LogP contribution >= 0.6 is 12.4 Å². The molecule has 2 aromatic rings. The number of aliphatic imine (C=N–C) groups is 1. The average molecular weight is 249 g/mol. The number of para-hydroxylation sites is 2. The molecule has 1 aromatic heterocycles. The molecule has 0 unspecified atom stereocenters. The molecule has 1 heterocycles. The summed E-state index contributed by atoms with van der Waals surface area (Å²) in [7, 11) is 1.64. The van der Waals surface area contributed by atoms with E-state index in [9.17, 15) is 0 Å². The highest BCUT2D eigenvalue weighted by atomic mass is 35.5. The van der Waals surface area contributed by atoms with Crippen LogP contribution in [0.2, 0.25) is 0 Å². The van der Waals surface area contributed by atoms with E-state index in [1.165, 1.54) is 0 Å². The van der Waals surface area contributed by atoms with E-state index in [2.05, 4.69) is 9.98 Å². The zero-order valence-electron chi connectivity index (χ0n) is 9.41. The minimum atomic E-state index is 0. The smallest absolute Gasteiger partial charge is 0.144 e. The summed E-state index contributed by atoms with van der Waals surface area (Å²) in [6.07, 6.45) is 5.27. The molecule has 17 heavy (non-hydrogen) atoms. The minimum Gasteiger partial charge on any atom is -0.494 e. The van der Waals surface area contributed by atoms with Crippen LogP contribution in [0.3, 0.4) is 0 Å². The van der Waals surface area contributed by atoms with Crippen LogP contribution in [-0.4, -0.2) is 18.3 Å². The van der Waals surface area contributed by atoms with Gasteiger partial charge in [0.15, 0.2) is 0 Å². The second kappa shape index (κ2) is 6.66. The Hall–Kier alpha value is -1.87. The number of hydrogen-bond donors (Lipinski definition) is 0. The third-order valence-corrected chi connectivity index (χ3v) is 2.14. The molecule has 0 radical (unpaired) electrons. The molecule has 2 rings (SSSR count). The molecule has 88 valence electrons. The summed E-state index contributed by atoms with van der Waals surface area (Å²) in [5.41, 5.74) is 1.84. The maximum Gasteiger partial charge on any atom is 0.144 e. The van der Waals surface area contributed by atoms with Crippen molar-refractivity contribution in [2.24, 2.45) is 4.99 Å². The van der Waals surface area contributed by atoms with E-state index < -0.39 is 0 Å². The number of pyridine rings is 1. The van der Waals surface area contributed by atoms with E-state index in [0.29, 0.717) is 0 Å². The van der Waals surface area contributed by atoms with Crippen molar-refractivity contribution in [1.29, 1.82) is 0 Å². The lowest BCUT2D eigenvalue weighted by atomic mass is 10.3. The van der Waals surface area contributed by atoms with Crippen molar-refractivity contribution in [2.75, 3.05) is 7.11 Å². The van der Waals surface area contributed by atoms with Gasteiger partial charge in [-0.05, 0) is 29.8 Å². The second-order valence-electron chi connectivity index (χ2n) is 3.21. The lowest BCUT2D eigenvalue weighted by molar-refractivity contribution is 0.416. The number of rotatable bonds is 3. The lowest BCUT2D eigenvalue weighted by Gasteiger charge is -2.02. The molecule has 0 atom stereocenters. The highest BCUT2D eigenvalue weighted by Gasteiger charge is 1.97. The van der Waals surface area contributed by atoms with Crippen LogP contribution in [0, 0.1) is 0 Å². The van der Waals surface area contributed by atoms with E-state index in [1.54, 1.807) is 25.7 Å². The highest BCUT2D eigenvalue weighted by Crippen LogP contribution is 2.25. The number of hydrogen-bond acceptors (Lipinski definition) is 3. The summed E-state index contributed by atoms with van der Waals surface area (Å²) < 4.78 is 5.21. The first-order valence-corrected chi connectivity index (χ1v) is 4.97. The number of ether oxygens (including phenoxy) is 1. The van der Waals surface area contributed by atoms with Crippen molar-refractivity contribution in [1.82, 2.24) is 4.98 Å². The van der Waals surface area contributed by atoms with Gasteiger partial charge in [0, 0.05) is 18.6 Å². The Labute approximate surface area is 107 Å². The van der Waals surface area contributed by atoms with Crippen molar-refractivity contribution in [3.8, 4) is 5.75 Å². The first kappa shape index (κ1) is 13.2. The van der Waals surface area contributed by atoms with Gasteiger partial charge in [-0.15, -0.1) is 12.4 Å². The van der Waals surface area contributed by atoms with E-state index in [-0.39, 0.29) is 12.4 Å². The average Bonchev–Trinajstić information content (AvgIpc) is 2.38. The normalized spacial score (nSPS) is 9.94. The third kappa shape index (κ3) is 3.57. The fraction of sp³-hybridized carbons (Fsp3) is 0.0769. The van der Waals surface area contributed by atoms with Gasteiger partial charge < -0.3 is 4.74 Å². The fourth-order valence-electron chi connectivity index (χ4n) is 1.33. The fourth-order valence-corrected chi connectivity index (χ4v) is 1.33. The standard InChI is InChI=1S/C13H12N2O.ClH/c1-16-13-5-3-2-4-12(13)15-10-11-6-8-14-9-7-11;/h2-10H,1H3;1H. The largest absolute Gasteiger partial charge is 0.494 e. The maximum atomic E-state index is 5.21. The molecule has 0 aliphatic heterocycles. The summed E-state index contributed by atoms with van der Waals surface area (Å²) in [6, 6.07) is 11.5. The van der Waals surface area contributed by atoms with Gasteiger partial charge in [-0.2, -0.15) is 0 Å². The first-order chi connectivity index (χ1) is 7.90. The number of nitrogens with zero attached hydrogens (tertiary/aromatic N) is 2. The molecule has 0 saturated heterocycles. The van der Waals surface area contributed by atoms with Crippen LogP contribution in [0.5, 0.6) is 5.75 Å². The third-order valence-electron chi connectivity index (χ3n) is 2.14. The summed E-state index contributed by atoms with van der Waals surface area (Å²) in [6.45, 7) is 0. The molecule has 3 nitrogen and oxygen atoms in total. The Bertz CT molecular complexity index is 486. The molecule has 4 heteroatoms. The molecule has 0 aliphatic rings. The van der Waals surface area contributed by atoms with Gasteiger partial charge in [0.1, 0.15) is 11.4 Å². The zero-order chi connectivity index (χ0) is 11.2. The molecule has 0 bridgehead atoms. The Morgan fingerprint density at radius 3 is 2.53 bits per heavy atom. The molecular formula is C13H13ClN2O. The van der Waals surface area contributed by atoms with E-state index in [4.69, 9.17) is 4.74 Å². The lowest BCUT2D eigenvalue weighted by Crippen LogP contribution is -1.84. The van der Waals surface area contributed by atoms with Crippen molar-refractivity contribution in [3.05, 3.63) is 54.4 Å². The van der Waals surface area contributed by atoms with Gasteiger partial charge in [0.05, 0.1) is 7.11 Å². The number of halogens is 1. The molecule has 0 saturated carbocycles. The topological polar surface area (TPSA) is 34.5 Å². The van der Waals surface area contributed by atoms with Crippen LogP contribution in [0.1, 0.15) is 5.56 Å². The molecule has 0 aliphatic carbocycles. The summed E-state index contributed by atoms with van der Waals surface area (Å²) in [5.74, 6) is 0.771. The Balaban J connectivity index is 0.00000144. The van der Waals surface area contributed by atoms with Crippen molar-refractivity contribution in [2.45, 2.75) is 0 Å². The Morgan fingerprint density at radius 2 is 1.82 bits per heavy atom. The van der Waals surface area contributed by atoms with Crippen LogP contribution in [0.25, 0.3) is 0 Å². The number of benzene rings is 1. The molecular weight excluding hydrogens is 236 g/mol. The highest BCUT2D eigenvalue weighted by molar-refractivity contribution is 5.85. The summed E-state index contributed by atoms with van der Waals surface area (Å²) in [4.78, 5) is 8.32. The van der Waals surface area contributed by atoms with Gasteiger partial charge in [-0.1, -0.05) is 12.1 Å². The quantitative estimate of drug-likeness (QED) is 0.782. The predicted octanol–water partition coefficient (Wildman–Crippen LogP) is 3.26. The number of aromatic nitrogens is 1. The van der Waals surface area contributed by atoms with Crippen molar-refractivity contribution in [3.63, 3.8) is 0 Å². The summed E-state index contributed by atoms with van der Waals surface area (Å²) >= 11 is 0. The van der Waals surface area contributed by atoms with Crippen LogP contribution < -0.4 is 4.74 Å². The molecule has 0 fully saturated rings. The Kier molecular flexibility index (Phi) is 5.17. The van der Waals surface area contributed by atoms with Gasteiger partial charge >= 0.3 is 0 Å². The van der Waals surface area contributed by atoms with Gasteiger partial charge in [0.2, 0.25) is 0 Å². The van der Waals surface area contributed by atoms with E-state index in [0.717, 1.165) is 17.0 Å². The molecule has 0 amide bonds. The van der Waals surface area contributed by atoms with Crippen LogP contribution in [-0.2, 0) is 0 Å². The van der Waals surface area contributed by atoms with Crippen LogP contribution in [0.15, 0.2) is 53.8 Å². The monoisotopic (exact) mass is 248 g/mol. The Morgan fingerprint density at radius 1 is 1.12 bits per heavy atom. The molecule has 1 aromatic carbocycles. The maximum absolute atomic E-state index is 5.21.